The van der Waals surface area contributed by atoms with Crippen molar-refractivity contribution in [1.29, 1.82) is 0 Å². The number of methoxy groups -OCH3 is 1. The first kappa shape index (κ1) is 25.4. The Kier molecular flexibility index (Phi) is 8.11. The summed E-state index contributed by atoms with van der Waals surface area (Å²) in [6.45, 7) is 14.5. The molecule has 0 aliphatic rings. The van der Waals surface area contributed by atoms with E-state index in [-0.39, 0.29) is 16.7 Å². The molecule has 32 heavy (non-hydrogen) atoms. The van der Waals surface area contributed by atoms with E-state index in [2.05, 4.69) is 65.1 Å². The Morgan fingerprint density at radius 2 is 1.66 bits per heavy atom. The van der Waals surface area contributed by atoms with Crippen molar-refractivity contribution in [2.45, 2.75) is 78.6 Å². The molecule has 2 aromatic rings. The number of phenolic OH excluding ortho intramolecular Hbond substituents is 1. The first-order valence-electron chi connectivity index (χ1n) is 11.2. The number of hydrogen-bond acceptors (Lipinski definition) is 4. The molecule has 5 nitrogen and oxygen atoms in total. The van der Waals surface area contributed by atoms with Crippen LogP contribution >= 0.6 is 0 Å². The Balaban J connectivity index is 2.02. The summed E-state index contributed by atoms with van der Waals surface area (Å²) < 4.78 is 5.24. The molecule has 2 aromatic carbocycles. The van der Waals surface area contributed by atoms with Gasteiger partial charge in [0.05, 0.1) is 13.3 Å². The molecule has 2 N–H and O–H groups in total. The molecule has 0 fully saturated rings. The van der Waals surface area contributed by atoms with Gasteiger partial charge in [0.15, 0.2) is 0 Å². The molecular weight excluding hydrogens is 400 g/mol. The van der Waals surface area contributed by atoms with Gasteiger partial charge in [-0.05, 0) is 71.6 Å². The van der Waals surface area contributed by atoms with Gasteiger partial charge in [0, 0.05) is 17.5 Å². The summed E-state index contributed by atoms with van der Waals surface area (Å²) in [5, 5.41) is 15.0. The molecule has 0 saturated carbocycles. The van der Waals surface area contributed by atoms with Gasteiger partial charge in [0.1, 0.15) is 11.5 Å². The van der Waals surface area contributed by atoms with Crippen LogP contribution < -0.4 is 10.2 Å². The third-order valence-electron chi connectivity index (χ3n) is 5.55. The molecule has 5 heteroatoms. The summed E-state index contributed by atoms with van der Waals surface area (Å²) in [4.78, 5) is 12.2. The second-order valence-corrected chi connectivity index (χ2v) is 10.4. The lowest BCUT2D eigenvalue weighted by molar-refractivity contribution is -0.121. The standard InChI is InChI=1S/C27H38N2O3/c1-18-14-21(32-8)13-12-20(18)10-9-11-24(30)29-28-17-19-15-22(26(2,3)4)25(31)23(16-19)27(5,6)7/h12-17,31H,9-11H2,1-8H3,(H,29,30)/b28-17-. The molecule has 2 rings (SSSR count). The molecule has 0 aliphatic carbocycles. The highest BCUT2D eigenvalue weighted by Gasteiger charge is 2.26. The van der Waals surface area contributed by atoms with Crippen LogP contribution in [0.5, 0.6) is 11.5 Å². The van der Waals surface area contributed by atoms with Crippen molar-refractivity contribution < 1.29 is 14.6 Å². The fourth-order valence-corrected chi connectivity index (χ4v) is 3.62. The van der Waals surface area contributed by atoms with Crippen molar-refractivity contribution in [2.24, 2.45) is 5.10 Å². The quantitative estimate of drug-likeness (QED) is 0.425. The summed E-state index contributed by atoms with van der Waals surface area (Å²) in [6, 6.07) is 9.88. The monoisotopic (exact) mass is 438 g/mol. The Labute approximate surface area is 192 Å². The van der Waals surface area contributed by atoms with Crippen LogP contribution in [0.4, 0.5) is 0 Å². The van der Waals surface area contributed by atoms with Gasteiger partial charge in [0.2, 0.25) is 5.91 Å². The minimum Gasteiger partial charge on any atom is -0.507 e. The van der Waals surface area contributed by atoms with Gasteiger partial charge >= 0.3 is 0 Å². The topological polar surface area (TPSA) is 70.9 Å². The van der Waals surface area contributed by atoms with Gasteiger partial charge in [-0.15, -0.1) is 0 Å². The number of aryl methyl sites for hydroxylation is 2. The lowest BCUT2D eigenvalue weighted by Crippen LogP contribution is -2.19. The number of phenols is 1. The predicted octanol–water partition coefficient (Wildman–Crippen LogP) is 5.78. The average molecular weight is 439 g/mol. The van der Waals surface area contributed by atoms with Gasteiger partial charge in [0.25, 0.3) is 0 Å². The van der Waals surface area contributed by atoms with Gasteiger partial charge in [-0.2, -0.15) is 5.10 Å². The van der Waals surface area contributed by atoms with E-state index in [4.69, 9.17) is 4.74 Å². The number of rotatable bonds is 7. The number of carbonyl (C=O) groups is 1. The number of nitrogens with zero attached hydrogens (tertiary/aromatic N) is 1. The predicted molar refractivity (Wildman–Crippen MR) is 132 cm³/mol. The minimum absolute atomic E-state index is 0.113. The zero-order valence-electron chi connectivity index (χ0n) is 20.8. The number of hydrogen-bond donors (Lipinski definition) is 2. The van der Waals surface area contributed by atoms with Crippen molar-refractivity contribution in [3.05, 3.63) is 58.1 Å². The molecule has 0 heterocycles. The first-order valence-corrected chi connectivity index (χ1v) is 11.2. The molecule has 0 radical (unpaired) electrons. The normalized spacial score (nSPS) is 12.2. The number of aromatic hydroxyl groups is 1. The van der Waals surface area contributed by atoms with Crippen molar-refractivity contribution in [3.8, 4) is 11.5 Å². The van der Waals surface area contributed by atoms with Gasteiger partial charge in [-0.3, -0.25) is 4.79 Å². The molecule has 1 amide bonds. The molecule has 0 unspecified atom stereocenters. The summed E-state index contributed by atoms with van der Waals surface area (Å²) in [5.74, 6) is 1.06. The van der Waals surface area contributed by atoms with E-state index in [1.54, 1.807) is 13.3 Å². The molecule has 0 aliphatic heterocycles. The van der Waals surface area contributed by atoms with Crippen LogP contribution in [-0.4, -0.2) is 24.3 Å². The van der Waals surface area contributed by atoms with E-state index in [9.17, 15) is 9.90 Å². The second kappa shape index (κ2) is 10.2. The summed E-state index contributed by atoms with van der Waals surface area (Å²) >= 11 is 0. The summed E-state index contributed by atoms with van der Waals surface area (Å²) in [5.41, 5.74) is 7.18. The lowest BCUT2D eigenvalue weighted by Gasteiger charge is -2.27. The number of ether oxygens (including phenoxy) is 1. The second-order valence-electron chi connectivity index (χ2n) is 10.4. The number of benzene rings is 2. The third kappa shape index (κ3) is 6.84. The molecule has 0 saturated heterocycles. The zero-order valence-corrected chi connectivity index (χ0v) is 20.8. The van der Waals surface area contributed by atoms with Crippen molar-refractivity contribution in [1.82, 2.24) is 5.43 Å². The van der Waals surface area contributed by atoms with Crippen molar-refractivity contribution in [2.75, 3.05) is 7.11 Å². The Morgan fingerprint density at radius 1 is 1.06 bits per heavy atom. The number of amides is 1. The van der Waals surface area contributed by atoms with Crippen LogP contribution in [0.2, 0.25) is 0 Å². The highest BCUT2D eigenvalue weighted by atomic mass is 16.5. The van der Waals surface area contributed by atoms with Gasteiger partial charge < -0.3 is 9.84 Å². The maximum atomic E-state index is 12.2. The molecule has 174 valence electrons. The molecule has 0 bridgehead atoms. The van der Waals surface area contributed by atoms with E-state index < -0.39 is 0 Å². The Hall–Kier alpha value is -2.82. The third-order valence-corrected chi connectivity index (χ3v) is 5.55. The molecule has 0 aromatic heterocycles. The maximum Gasteiger partial charge on any atom is 0.240 e. The summed E-state index contributed by atoms with van der Waals surface area (Å²) in [7, 11) is 1.66. The van der Waals surface area contributed by atoms with E-state index in [0.29, 0.717) is 12.2 Å². The lowest BCUT2D eigenvalue weighted by atomic mass is 9.78. The van der Waals surface area contributed by atoms with Gasteiger partial charge in [-0.1, -0.05) is 47.6 Å². The van der Waals surface area contributed by atoms with E-state index >= 15 is 0 Å². The minimum atomic E-state index is -0.212. The van der Waals surface area contributed by atoms with Crippen LogP contribution in [0.3, 0.4) is 0 Å². The fraction of sp³-hybridized carbons (Fsp3) is 0.481. The van der Waals surface area contributed by atoms with E-state index in [1.165, 1.54) is 11.1 Å². The average Bonchev–Trinajstić information content (AvgIpc) is 2.68. The number of carbonyl (C=O) groups excluding carboxylic acids is 1. The van der Waals surface area contributed by atoms with Crippen molar-refractivity contribution >= 4 is 12.1 Å². The smallest absolute Gasteiger partial charge is 0.240 e. The molecule has 0 atom stereocenters. The van der Waals surface area contributed by atoms with Gasteiger partial charge in [-0.25, -0.2) is 5.43 Å². The van der Waals surface area contributed by atoms with Crippen LogP contribution in [-0.2, 0) is 22.0 Å². The van der Waals surface area contributed by atoms with E-state index in [1.807, 2.05) is 24.3 Å². The maximum absolute atomic E-state index is 12.2. The van der Waals surface area contributed by atoms with Crippen LogP contribution in [0, 0.1) is 6.92 Å². The molecular formula is C27H38N2O3. The highest BCUT2D eigenvalue weighted by molar-refractivity contribution is 5.83. The van der Waals surface area contributed by atoms with Crippen molar-refractivity contribution in [3.63, 3.8) is 0 Å². The van der Waals surface area contributed by atoms with E-state index in [0.717, 1.165) is 35.3 Å². The SMILES string of the molecule is COc1ccc(CCCC(=O)N/N=C\c2cc(C(C)(C)C)c(O)c(C(C)(C)C)c2)c(C)c1. The van der Waals surface area contributed by atoms with Crippen LogP contribution in [0.1, 0.15) is 82.2 Å². The van der Waals surface area contributed by atoms with Crippen LogP contribution in [0.15, 0.2) is 35.4 Å². The summed E-state index contributed by atoms with van der Waals surface area (Å²) in [6.07, 6.45) is 3.62. The zero-order chi connectivity index (χ0) is 24.1. The highest BCUT2D eigenvalue weighted by Crippen LogP contribution is 2.39. The number of nitrogens with one attached hydrogen (secondary N) is 1. The first-order chi connectivity index (χ1) is 14.8. The Bertz CT molecular complexity index is 944. The Morgan fingerprint density at radius 3 is 2.16 bits per heavy atom. The fourth-order valence-electron chi connectivity index (χ4n) is 3.62. The van der Waals surface area contributed by atoms with Crippen LogP contribution in [0.25, 0.3) is 0 Å². The largest absolute Gasteiger partial charge is 0.507 e. The number of hydrazone groups is 1. The molecule has 0 spiro atoms.